The first-order valence-electron chi connectivity index (χ1n) is 5.79. The van der Waals surface area contributed by atoms with Gasteiger partial charge in [-0.25, -0.2) is 0 Å². The first kappa shape index (κ1) is 13.2. The Balaban J connectivity index is 2.27. The van der Waals surface area contributed by atoms with Crippen LogP contribution in [0.2, 0.25) is 5.02 Å². The zero-order valence-corrected chi connectivity index (χ0v) is 11.2. The Hall–Kier alpha value is -1.26. The lowest BCUT2D eigenvalue weighted by Crippen LogP contribution is -2.22. The van der Waals surface area contributed by atoms with Gasteiger partial charge in [-0.1, -0.05) is 17.7 Å². The summed E-state index contributed by atoms with van der Waals surface area (Å²) in [4.78, 5) is 11.7. The van der Waals surface area contributed by atoms with E-state index in [1.165, 1.54) is 7.11 Å². The largest absolute Gasteiger partial charge is 0.495 e. The molecule has 0 saturated carbocycles. The second kappa shape index (κ2) is 5.59. The number of carbonyl (C=O) groups excluding carboxylic acids is 1. The van der Waals surface area contributed by atoms with Crippen LogP contribution in [0, 0.1) is 5.92 Å². The van der Waals surface area contributed by atoms with Gasteiger partial charge in [0.2, 0.25) is 0 Å². The molecule has 1 aliphatic heterocycles. The van der Waals surface area contributed by atoms with E-state index in [1.807, 2.05) is 12.1 Å². The molecule has 1 fully saturated rings. The number of halogens is 1. The van der Waals surface area contributed by atoms with Gasteiger partial charge in [-0.15, -0.1) is 0 Å². The Morgan fingerprint density at radius 1 is 1.39 bits per heavy atom. The Labute approximate surface area is 111 Å². The highest BCUT2D eigenvalue weighted by Gasteiger charge is 2.35. The van der Waals surface area contributed by atoms with Gasteiger partial charge in [0.1, 0.15) is 5.75 Å². The standard InChI is InChI=1S/C13H16ClNO3/c1-17-12-5-8(3-4-11(12)14)9-6-15-7-10(9)13(16)18-2/h3-5,9-10,15H,6-7H2,1-2H3. The van der Waals surface area contributed by atoms with Gasteiger partial charge >= 0.3 is 5.97 Å². The topological polar surface area (TPSA) is 47.6 Å². The zero-order chi connectivity index (χ0) is 13.1. The van der Waals surface area contributed by atoms with Gasteiger partial charge in [0.05, 0.1) is 25.2 Å². The molecule has 5 heteroatoms. The number of benzene rings is 1. The third-order valence-corrected chi connectivity index (χ3v) is 3.63. The summed E-state index contributed by atoms with van der Waals surface area (Å²) in [6.45, 7) is 1.40. The second-order valence-electron chi connectivity index (χ2n) is 4.29. The van der Waals surface area contributed by atoms with Crippen molar-refractivity contribution in [2.24, 2.45) is 5.92 Å². The van der Waals surface area contributed by atoms with Crippen molar-refractivity contribution in [3.8, 4) is 5.75 Å². The fourth-order valence-electron chi connectivity index (χ4n) is 2.34. The molecule has 98 valence electrons. The van der Waals surface area contributed by atoms with Gasteiger partial charge in [-0.05, 0) is 17.7 Å². The number of nitrogens with one attached hydrogen (secondary N) is 1. The number of ether oxygens (including phenoxy) is 2. The van der Waals surface area contributed by atoms with Crippen LogP contribution in [0.5, 0.6) is 5.75 Å². The van der Waals surface area contributed by atoms with Gasteiger partial charge in [-0.3, -0.25) is 4.79 Å². The fraction of sp³-hybridized carbons (Fsp3) is 0.462. The molecule has 0 aromatic heterocycles. The van der Waals surface area contributed by atoms with E-state index in [0.717, 1.165) is 12.1 Å². The molecule has 0 bridgehead atoms. The molecule has 2 atom stereocenters. The maximum atomic E-state index is 11.7. The molecular formula is C13H16ClNO3. The average Bonchev–Trinajstić information content (AvgIpc) is 2.87. The molecule has 0 aliphatic carbocycles. The molecule has 0 radical (unpaired) electrons. The average molecular weight is 270 g/mol. The van der Waals surface area contributed by atoms with Crippen molar-refractivity contribution in [1.82, 2.24) is 5.32 Å². The summed E-state index contributed by atoms with van der Waals surface area (Å²) in [5.74, 6) is 0.396. The van der Waals surface area contributed by atoms with E-state index in [4.69, 9.17) is 21.1 Å². The minimum absolute atomic E-state index is 0.101. The minimum atomic E-state index is -0.182. The van der Waals surface area contributed by atoms with E-state index in [0.29, 0.717) is 17.3 Å². The van der Waals surface area contributed by atoms with Crippen molar-refractivity contribution in [1.29, 1.82) is 0 Å². The van der Waals surface area contributed by atoms with Crippen molar-refractivity contribution < 1.29 is 14.3 Å². The van der Waals surface area contributed by atoms with Crippen molar-refractivity contribution in [3.63, 3.8) is 0 Å². The Morgan fingerprint density at radius 2 is 2.17 bits per heavy atom. The molecule has 1 saturated heterocycles. The predicted octanol–water partition coefficient (Wildman–Crippen LogP) is 1.82. The van der Waals surface area contributed by atoms with E-state index in [-0.39, 0.29) is 17.8 Å². The van der Waals surface area contributed by atoms with Crippen LogP contribution < -0.4 is 10.1 Å². The molecule has 1 aliphatic rings. The van der Waals surface area contributed by atoms with Crippen molar-refractivity contribution >= 4 is 17.6 Å². The number of esters is 1. The molecule has 0 amide bonds. The van der Waals surface area contributed by atoms with Crippen LogP contribution in [0.4, 0.5) is 0 Å². The van der Waals surface area contributed by atoms with Crippen molar-refractivity contribution in [2.45, 2.75) is 5.92 Å². The normalized spacial score (nSPS) is 22.8. The molecule has 0 spiro atoms. The number of rotatable bonds is 3. The molecule has 1 aromatic rings. The highest BCUT2D eigenvalue weighted by Crippen LogP contribution is 2.34. The van der Waals surface area contributed by atoms with Gasteiger partial charge < -0.3 is 14.8 Å². The fourth-order valence-corrected chi connectivity index (χ4v) is 2.53. The lowest BCUT2D eigenvalue weighted by Gasteiger charge is -2.17. The zero-order valence-electron chi connectivity index (χ0n) is 10.4. The summed E-state index contributed by atoms with van der Waals surface area (Å²) < 4.78 is 10.0. The smallest absolute Gasteiger partial charge is 0.310 e. The molecule has 2 unspecified atom stereocenters. The first-order chi connectivity index (χ1) is 8.67. The van der Waals surface area contributed by atoms with Crippen molar-refractivity contribution in [2.75, 3.05) is 27.3 Å². The van der Waals surface area contributed by atoms with Gasteiger partial charge in [0, 0.05) is 19.0 Å². The van der Waals surface area contributed by atoms with Gasteiger partial charge in [-0.2, -0.15) is 0 Å². The van der Waals surface area contributed by atoms with Crippen LogP contribution in [0.1, 0.15) is 11.5 Å². The first-order valence-corrected chi connectivity index (χ1v) is 6.17. The summed E-state index contributed by atoms with van der Waals surface area (Å²) in [7, 11) is 3.00. The molecule has 4 nitrogen and oxygen atoms in total. The highest BCUT2D eigenvalue weighted by atomic mass is 35.5. The monoisotopic (exact) mass is 269 g/mol. The molecule has 18 heavy (non-hydrogen) atoms. The van der Waals surface area contributed by atoms with Crippen LogP contribution in [0.3, 0.4) is 0 Å². The van der Waals surface area contributed by atoms with Crippen LogP contribution in [-0.2, 0) is 9.53 Å². The van der Waals surface area contributed by atoms with Gasteiger partial charge in [0.15, 0.2) is 0 Å². The number of hydrogen-bond acceptors (Lipinski definition) is 4. The number of carbonyl (C=O) groups is 1. The van der Waals surface area contributed by atoms with Gasteiger partial charge in [0.25, 0.3) is 0 Å². The second-order valence-corrected chi connectivity index (χ2v) is 4.70. The van der Waals surface area contributed by atoms with Crippen LogP contribution in [0.25, 0.3) is 0 Å². The molecule has 1 heterocycles. The van der Waals surface area contributed by atoms with Crippen LogP contribution in [-0.4, -0.2) is 33.3 Å². The number of hydrogen-bond donors (Lipinski definition) is 1. The number of methoxy groups -OCH3 is 2. The lowest BCUT2D eigenvalue weighted by molar-refractivity contribution is -0.145. The van der Waals surface area contributed by atoms with Crippen LogP contribution >= 0.6 is 11.6 Å². The summed E-state index contributed by atoms with van der Waals surface area (Å²) in [6, 6.07) is 5.61. The lowest BCUT2D eigenvalue weighted by atomic mass is 9.89. The van der Waals surface area contributed by atoms with Crippen LogP contribution in [0.15, 0.2) is 18.2 Å². The summed E-state index contributed by atoms with van der Waals surface area (Å²) in [5.41, 5.74) is 1.04. The quantitative estimate of drug-likeness (QED) is 0.851. The van der Waals surface area contributed by atoms with Crippen molar-refractivity contribution in [3.05, 3.63) is 28.8 Å². The van der Waals surface area contributed by atoms with E-state index < -0.39 is 0 Å². The maximum absolute atomic E-state index is 11.7. The summed E-state index contributed by atoms with van der Waals surface area (Å²) in [6.07, 6.45) is 0. The SMILES string of the molecule is COC(=O)C1CNCC1c1ccc(Cl)c(OC)c1. The van der Waals surface area contributed by atoms with E-state index >= 15 is 0 Å². The molecule has 2 rings (SSSR count). The summed E-state index contributed by atoms with van der Waals surface area (Å²) >= 11 is 6.00. The third kappa shape index (κ3) is 2.44. The Morgan fingerprint density at radius 3 is 2.83 bits per heavy atom. The Kier molecular flexibility index (Phi) is 4.09. The predicted molar refractivity (Wildman–Crippen MR) is 69.1 cm³/mol. The van der Waals surface area contributed by atoms with E-state index in [9.17, 15) is 4.79 Å². The van der Waals surface area contributed by atoms with E-state index in [1.54, 1.807) is 13.2 Å². The maximum Gasteiger partial charge on any atom is 0.310 e. The Bertz CT molecular complexity index is 450. The third-order valence-electron chi connectivity index (χ3n) is 3.32. The van der Waals surface area contributed by atoms with E-state index in [2.05, 4.69) is 5.32 Å². The molecule has 1 aromatic carbocycles. The highest BCUT2D eigenvalue weighted by molar-refractivity contribution is 6.32. The molecule has 1 N–H and O–H groups in total. The summed E-state index contributed by atoms with van der Waals surface area (Å²) in [5, 5.41) is 3.78. The minimum Gasteiger partial charge on any atom is -0.495 e. The molecular weight excluding hydrogens is 254 g/mol.